The van der Waals surface area contributed by atoms with Crippen molar-refractivity contribution in [3.63, 3.8) is 0 Å². The number of benzene rings is 2. The number of carbonyl (C=O) groups is 2. The lowest BCUT2D eigenvalue weighted by molar-refractivity contribution is -0.141. The molecule has 0 radical (unpaired) electrons. The molecule has 2 atom stereocenters. The average Bonchev–Trinajstić information content (AvgIpc) is 3.18. The van der Waals surface area contributed by atoms with E-state index < -0.39 is 39.4 Å². The van der Waals surface area contributed by atoms with Gasteiger partial charge in [0.25, 0.3) is 11.7 Å². The Balaban J connectivity index is 1.90. The standard InChI is InChI=1S/C22H20FNO5S/c1-13-5-7-14(8-6-13)20(25)18-19(15-3-2-4-16(23)11-15)24(22(27)21(18)26)17-9-10-30(28,29)12-17/h2-8,11,17,19,25H,9-10,12H2,1H3/t17-,19-/m0/s1. The molecule has 30 heavy (non-hydrogen) atoms. The molecule has 0 aliphatic carbocycles. The number of Topliss-reactive ketones (excluding diaryl/α,β-unsaturated/α-hetero) is 1. The molecule has 0 aromatic heterocycles. The number of ketones is 1. The summed E-state index contributed by atoms with van der Waals surface area (Å²) in [5.41, 5.74) is 1.43. The molecule has 2 fully saturated rings. The Hall–Kier alpha value is -3.00. The van der Waals surface area contributed by atoms with Crippen LogP contribution in [-0.2, 0) is 19.4 Å². The Morgan fingerprint density at radius 1 is 1.13 bits per heavy atom. The van der Waals surface area contributed by atoms with Gasteiger partial charge in [0.15, 0.2) is 9.84 Å². The molecule has 2 heterocycles. The molecule has 8 heteroatoms. The molecule has 0 saturated carbocycles. The molecule has 1 amide bonds. The first-order valence-electron chi connectivity index (χ1n) is 9.51. The lowest BCUT2D eigenvalue weighted by Crippen LogP contribution is -2.40. The van der Waals surface area contributed by atoms with Crippen molar-refractivity contribution in [3.05, 3.63) is 76.6 Å². The van der Waals surface area contributed by atoms with Gasteiger partial charge in [-0.2, -0.15) is 0 Å². The van der Waals surface area contributed by atoms with Gasteiger partial charge in [0.2, 0.25) is 0 Å². The van der Waals surface area contributed by atoms with E-state index in [1.807, 2.05) is 6.92 Å². The van der Waals surface area contributed by atoms with Gasteiger partial charge >= 0.3 is 0 Å². The van der Waals surface area contributed by atoms with Gasteiger partial charge in [0, 0.05) is 11.6 Å². The fraction of sp³-hybridized carbons (Fsp3) is 0.273. The highest BCUT2D eigenvalue weighted by molar-refractivity contribution is 7.91. The predicted octanol–water partition coefficient (Wildman–Crippen LogP) is 2.74. The first kappa shape index (κ1) is 20.3. The predicted molar refractivity (Wildman–Crippen MR) is 109 cm³/mol. The Morgan fingerprint density at radius 3 is 2.43 bits per heavy atom. The quantitative estimate of drug-likeness (QED) is 0.460. The minimum Gasteiger partial charge on any atom is -0.507 e. The van der Waals surface area contributed by atoms with Crippen LogP contribution in [0.15, 0.2) is 54.1 Å². The second-order valence-electron chi connectivity index (χ2n) is 7.68. The van der Waals surface area contributed by atoms with Crippen molar-refractivity contribution in [2.24, 2.45) is 0 Å². The van der Waals surface area contributed by atoms with E-state index in [-0.39, 0.29) is 29.3 Å². The van der Waals surface area contributed by atoms with Crippen molar-refractivity contribution in [1.82, 2.24) is 4.90 Å². The number of hydrogen-bond acceptors (Lipinski definition) is 5. The number of aliphatic hydroxyl groups is 1. The molecule has 6 nitrogen and oxygen atoms in total. The highest BCUT2D eigenvalue weighted by Gasteiger charge is 2.50. The molecule has 0 unspecified atom stereocenters. The number of halogens is 1. The van der Waals surface area contributed by atoms with Gasteiger partial charge < -0.3 is 10.0 Å². The van der Waals surface area contributed by atoms with Crippen molar-refractivity contribution >= 4 is 27.3 Å². The van der Waals surface area contributed by atoms with Crippen LogP contribution in [0.3, 0.4) is 0 Å². The van der Waals surface area contributed by atoms with Crippen LogP contribution in [0.4, 0.5) is 4.39 Å². The largest absolute Gasteiger partial charge is 0.507 e. The van der Waals surface area contributed by atoms with Crippen LogP contribution in [0.5, 0.6) is 0 Å². The molecule has 2 aliphatic rings. The van der Waals surface area contributed by atoms with E-state index >= 15 is 0 Å². The smallest absolute Gasteiger partial charge is 0.295 e. The molecule has 2 aliphatic heterocycles. The summed E-state index contributed by atoms with van der Waals surface area (Å²) in [5.74, 6) is -3.09. The van der Waals surface area contributed by atoms with Crippen LogP contribution in [0.1, 0.15) is 29.2 Å². The number of sulfone groups is 1. The fourth-order valence-corrected chi connectivity index (χ4v) is 5.80. The zero-order chi connectivity index (χ0) is 21.6. The van der Waals surface area contributed by atoms with E-state index in [1.54, 1.807) is 30.3 Å². The first-order chi connectivity index (χ1) is 14.2. The summed E-state index contributed by atoms with van der Waals surface area (Å²) in [6, 6.07) is 10.4. The zero-order valence-corrected chi connectivity index (χ0v) is 17.0. The number of aliphatic hydroxyl groups excluding tert-OH is 1. The van der Waals surface area contributed by atoms with Crippen LogP contribution in [0, 0.1) is 12.7 Å². The van der Waals surface area contributed by atoms with E-state index in [2.05, 4.69) is 0 Å². The van der Waals surface area contributed by atoms with Gasteiger partial charge in [-0.15, -0.1) is 0 Å². The topological polar surface area (TPSA) is 91.8 Å². The number of hydrogen-bond donors (Lipinski definition) is 1. The minimum absolute atomic E-state index is 0.0888. The number of likely N-dealkylation sites (tertiary alicyclic amines) is 1. The third kappa shape index (κ3) is 3.52. The van der Waals surface area contributed by atoms with Crippen molar-refractivity contribution in [3.8, 4) is 0 Å². The maximum atomic E-state index is 14.0. The van der Waals surface area contributed by atoms with E-state index in [0.29, 0.717) is 11.1 Å². The lowest BCUT2D eigenvalue weighted by atomic mass is 9.94. The van der Waals surface area contributed by atoms with E-state index in [1.165, 1.54) is 23.1 Å². The highest BCUT2D eigenvalue weighted by atomic mass is 32.2. The van der Waals surface area contributed by atoms with Gasteiger partial charge in [-0.3, -0.25) is 9.59 Å². The molecule has 156 valence electrons. The summed E-state index contributed by atoms with van der Waals surface area (Å²) < 4.78 is 38.0. The third-order valence-electron chi connectivity index (χ3n) is 5.57. The molecule has 2 aromatic rings. The maximum Gasteiger partial charge on any atom is 0.295 e. The van der Waals surface area contributed by atoms with Gasteiger partial charge in [0.05, 0.1) is 23.1 Å². The SMILES string of the molecule is Cc1ccc(C(O)=C2C(=O)C(=O)N([C@H]3CCS(=O)(=O)C3)[C@H]2c2cccc(F)c2)cc1. The Morgan fingerprint density at radius 2 is 1.83 bits per heavy atom. The van der Waals surface area contributed by atoms with Crippen molar-refractivity contribution < 1.29 is 27.5 Å². The molecular weight excluding hydrogens is 409 g/mol. The number of aryl methyl sites for hydroxylation is 1. The van der Waals surface area contributed by atoms with Crippen LogP contribution < -0.4 is 0 Å². The Bertz CT molecular complexity index is 1170. The molecular formula is C22H20FNO5S. The van der Waals surface area contributed by atoms with Gasteiger partial charge in [0.1, 0.15) is 11.6 Å². The monoisotopic (exact) mass is 429 g/mol. The summed E-state index contributed by atoms with van der Waals surface area (Å²) >= 11 is 0. The normalized spacial score (nSPS) is 25.1. The van der Waals surface area contributed by atoms with Crippen LogP contribution in [-0.4, -0.2) is 47.7 Å². The second kappa shape index (κ2) is 7.36. The fourth-order valence-electron chi connectivity index (χ4n) is 4.09. The number of carbonyl (C=O) groups excluding carboxylic acids is 2. The molecule has 2 saturated heterocycles. The number of amides is 1. The molecule has 4 rings (SSSR count). The lowest BCUT2D eigenvalue weighted by Gasteiger charge is -2.30. The van der Waals surface area contributed by atoms with Crippen molar-refractivity contribution in [2.75, 3.05) is 11.5 Å². The van der Waals surface area contributed by atoms with E-state index in [9.17, 15) is 27.5 Å². The average molecular weight is 429 g/mol. The highest BCUT2D eigenvalue weighted by Crippen LogP contribution is 2.42. The summed E-state index contributed by atoms with van der Waals surface area (Å²) in [5, 5.41) is 10.9. The summed E-state index contributed by atoms with van der Waals surface area (Å²) in [6.07, 6.45) is 0.186. The first-order valence-corrected chi connectivity index (χ1v) is 11.3. The minimum atomic E-state index is -3.34. The van der Waals surface area contributed by atoms with E-state index in [0.717, 1.165) is 5.56 Å². The third-order valence-corrected chi connectivity index (χ3v) is 7.32. The molecule has 0 bridgehead atoms. The molecule has 1 N–H and O–H groups in total. The van der Waals surface area contributed by atoms with Crippen molar-refractivity contribution in [2.45, 2.75) is 25.4 Å². The number of rotatable bonds is 3. The zero-order valence-electron chi connectivity index (χ0n) is 16.2. The summed E-state index contributed by atoms with van der Waals surface area (Å²) in [6.45, 7) is 1.87. The maximum absolute atomic E-state index is 14.0. The Kier molecular flexibility index (Phi) is 4.97. The van der Waals surface area contributed by atoms with Gasteiger partial charge in [-0.1, -0.05) is 42.0 Å². The van der Waals surface area contributed by atoms with Gasteiger partial charge in [-0.25, -0.2) is 12.8 Å². The number of nitrogens with zero attached hydrogens (tertiary/aromatic N) is 1. The van der Waals surface area contributed by atoms with Crippen molar-refractivity contribution in [1.29, 1.82) is 0 Å². The van der Waals surface area contributed by atoms with E-state index in [4.69, 9.17) is 0 Å². The second-order valence-corrected chi connectivity index (χ2v) is 9.91. The molecule has 0 spiro atoms. The summed E-state index contributed by atoms with van der Waals surface area (Å²) in [7, 11) is -3.34. The van der Waals surface area contributed by atoms with Gasteiger partial charge in [-0.05, 0) is 31.0 Å². The van der Waals surface area contributed by atoms with Crippen LogP contribution >= 0.6 is 0 Å². The van der Waals surface area contributed by atoms with Crippen LogP contribution in [0.25, 0.3) is 5.76 Å². The summed E-state index contributed by atoms with van der Waals surface area (Å²) in [4.78, 5) is 27.0. The Labute approximate surface area is 173 Å². The molecule has 2 aromatic carbocycles. The van der Waals surface area contributed by atoms with Crippen LogP contribution in [0.2, 0.25) is 0 Å².